The monoisotopic (exact) mass is 358 g/mol. The molecule has 2 aromatic rings. The summed E-state index contributed by atoms with van der Waals surface area (Å²) < 4.78 is 5.42. The molecular weight excluding hydrogens is 332 g/mol. The highest BCUT2D eigenvalue weighted by molar-refractivity contribution is 7.09. The first-order chi connectivity index (χ1) is 12.3. The second kappa shape index (κ2) is 9.02. The summed E-state index contributed by atoms with van der Waals surface area (Å²) in [7, 11) is 1.72. The van der Waals surface area contributed by atoms with E-state index in [4.69, 9.17) is 4.74 Å². The number of thiophene rings is 1. The van der Waals surface area contributed by atoms with Gasteiger partial charge in [-0.15, -0.1) is 11.3 Å². The van der Waals surface area contributed by atoms with Gasteiger partial charge in [-0.1, -0.05) is 24.3 Å². The fourth-order valence-electron chi connectivity index (χ4n) is 3.25. The molecule has 1 fully saturated rings. The van der Waals surface area contributed by atoms with Gasteiger partial charge in [0.15, 0.2) is 0 Å². The van der Waals surface area contributed by atoms with Gasteiger partial charge in [-0.3, -0.25) is 9.69 Å². The molecule has 0 spiro atoms. The van der Waals surface area contributed by atoms with Crippen molar-refractivity contribution in [2.75, 3.05) is 39.8 Å². The number of nitrogens with zero attached hydrogens (tertiary/aromatic N) is 2. The number of benzene rings is 1. The number of carbonyl (C=O) groups is 1. The predicted octanol–water partition coefficient (Wildman–Crippen LogP) is 3.08. The van der Waals surface area contributed by atoms with Crippen LogP contribution in [-0.4, -0.2) is 55.5 Å². The number of hydrogen-bond donors (Lipinski definition) is 0. The Hall–Kier alpha value is -1.85. The summed E-state index contributed by atoms with van der Waals surface area (Å²) in [6.45, 7) is 4.61. The molecule has 0 radical (unpaired) electrons. The van der Waals surface area contributed by atoms with E-state index in [0.717, 1.165) is 51.3 Å². The SMILES string of the molecule is COc1ccccc1CCN1CCN(C(=O)CCc2cccs2)CC1. The Bertz CT molecular complexity index is 664. The van der Waals surface area contributed by atoms with Crippen molar-refractivity contribution in [2.24, 2.45) is 0 Å². The number of para-hydroxylation sites is 1. The van der Waals surface area contributed by atoms with Gasteiger partial charge in [0.1, 0.15) is 5.75 Å². The maximum absolute atomic E-state index is 12.4. The van der Waals surface area contributed by atoms with Crippen molar-refractivity contribution in [3.05, 3.63) is 52.2 Å². The summed E-state index contributed by atoms with van der Waals surface area (Å²) in [6, 6.07) is 12.4. The Labute approximate surface area is 154 Å². The van der Waals surface area contributed by atoms with Crippen LogP contribution in [0.2, 0.25) is 0 Å². The summed E-state index contributed by atoms with van der Waals surface area (Å²) in [5, 5.41) is 2.07. The number of ether oxygens (including phenoxy) is 1. The molecule has 25 heavy (non-hydrogen) atoms. The van der Waals surface area contributed by atoms with Crippen LogP contribution in [0.25, 0.3) is 0 Å². The fourth-order valence-corrected chi connectivity index (χ4v) is 3.96. The smallest absolute Gasteiger partial charge is 0.223 e. The molecule has 1 aromatic carbocycles. The summed E-state index contributed by atoms with van der Waals surface area (Å²) >= 11 is 1.73. The minimum atomic E-state index is 0.290. The van der Waals surface area contributed by atoms with E-state index in [1.54, 1.807) is 18.4 Å². The third-order valence-corrected chi connectivity index (χ3v) is 5.72. The van der Waals surface area contributed by atoms with Crippen molar-refractivity contribution in [1.82, 2.24) is 9.80 Å². The molecule has 0 unspecified atom stereocenters. The third kappa shape index (κ3) is 5.06. The lowest BCUT2D eigenvalue weighted by atomic mass is 10.1. The fraction of sp³-hybridized carbons (Fsp3) is 0.450. The number of hydrogen-bond acceptors (Lipinski definition) is 4. The Morgan fingerprint density at radius 3 is 2.60 bits per heavy atom. The summed E-state index contributed by atoms with van der Waals surface area (Å²) in [6.07, 6.45) is 2.47. The Balaban J connectivity index is 1.40. The summed E-state index contributed by atoms with van der Waals surface area (Å²) in [5.41, 5.74) is 1.25. The highest BCUT2D eigenvalue weighted by atomic mass is 32.1. The molecule has 5 heteroatoms. The van der Waals surface area contributed by atoms with Crippen LogP contribution in [0.3, 0.4) is 0 Å². The molecule has 4 nitrogen and oxygen atoms in total. The average molecular weight is 359 g/mol. The molecule has 1 aliphatic heterocycles. The van der Waals surface area contributed by atoms with Gasteiger partial charge in [0.05, 0.1) is 7.11 Å². The van der Waals surface area contributed by atoms with Crippen molar-refractivity contribution in [1.29, 1.82) is 0 Å². The molecular formula is C20H26N2O2S. The van der Waals surface area contributed by atoms with Gasteiger partial charge in [-0.25, -0.2) is 0 Å². The van der Waals surface area contributed by atoms with Crippen LogP contribution in [-0.2, 0) is 17.6 Å². The lowest BCUT2D eigenvalue weighted by Gasteiger charge is -2.35. The van der Waals surface area contributed by atoms with E-state index in [0.29, 0.717) is 6.42 Å². The highest BCUT2D eigenvalue weighted by Gasteiger charge is 2.20. The molecule has 1 aliphatic rings. The van der Waals surface area contributed by atoms with E-state index in [2.05, 4.69) is 28.5 Å². The largest absolute Gasteiger partial charge is 0.496 e. The molecule has 0 bridgehead atoms. The lowest BCUT2D eigenvalue weighted by molar-refractivity contribution is -0.132. The van der Waals surface area contributed by atoms with Crippen LogP contribution >= 0.6 is 11.3 Å². The Morgan fingerprint density at radius 1 is 1.08 bits per heavy atom. The molecule has 0 N–H and O–H groups in total. The third-order valence-electron chi connectivity index (χ3n) is 4.78. The van der Waals surface area contributed by atoms with E-state index in [1.165, 1.54) is 10.4 Å². The van der Waals surface area contributed by atoms with Gasteiger partial charge in [-0.05, 0) is 35.9 Å². The van der Waals surface area contributed by atoms with E-state index in [-0.39, 0.29) is 5.91 Å². The van der Waals surface area contributed by atoms with E-state index < -0.39 is 0 Å². The molecule has 0 atom stereocenters. The normalized spacial score (nSPS) is 15.3. The van der Waals surface area contributed by atoms with Gasteiger partial charge in [0.2, 0.25) is 5.91 Å². The second-order valence-electron chi connectivity index (χ2n) is 6.36. The Morgan fingerprint density at radius 2 is 1.88 bits per heavy atom. The van der Waals surface area contributed by atoms with Crippen molar-refractivity contribution < 1.29 is 9.53 Å². The standard InChI is InChI=1S/C20H26N2O2S/c1-24-19-7-3-2-5-17(19)10-11-21-12-14-22(15-13-21)20(23)9-8-18-6-4-16-25-18/h2-7,16H,8-15H2,1H3. The summed E-state index contributed by atoms with van der Waals surface area (Å²) in [4.78, 5) is 18.1. The van der Waals surface area contributed by atoms with Crippen molar-refractivity contribution in [3.63, 3.8) is 0 Å². The van der Waals surface area contributed by atoms with Crippen LogP contribution < -0.4 is 4.74 Å². The molecule has 1 amide bonds. The first-order valence-corrected chi connectivity index (χ1v) is 9.78. The summed E-state index contributed by atoms with van der Waals surface area (Å²) in [5.74, 6) is 1.25. The zero-order valence-electron chi connectivity index (χ0n) is 14.8. The predicted molar refractivity (Wildman–Crippen MR) is 102 cm³/mol. The van der Waals surface area contributed by atoms with Gasteiger partial charge in [0, 0.05) is 44.0 Å². The van der Waals surface area contributed by atoms with Crippen LogP contribution in [0, 0.1) is 0 Å². The van der Waals surface area contributed by atoms with E-state index in [1.807, 2.05) is 23.1 Å². The molecule has 0 saturated carbocycles. The van der Waals surface area contributed by atoms with Gasteiger partial charge < -0.3 is 9.64 Å². The second-order valence-corrected chi connectivity index (χ2v) is 7.40. The first-order valence-electron chi connectivity index (χ1n) is 8.90. The zero-order chi connectivity index (χ0) is 17.5. The maximum Gasteiger partial charge on any atom is 0.223 e. The molecule has 1 saturated heterocycles. The first kappa shape index (κ1) is 18.0. The van der Waals surface area contributed by atoms with E-state index in [9.17, 15) is 4.79 Å². The number of piperazine rings is 1. The number of rotatable bonds is 7. The molecule has 3 rings (SSSR count). The van der Waals surface area contributed by atoms with Crippen molar-refractivity contribution in [3.8, 4) is 5.75 Å². The van der Waals surface area contributed by atoms with Crippen LogP contribution in [0.1, 0.15) is 16.9 Å². The molecule has 1 aromatic heterocycles. The lowest BCUT2D eigenvalue weighted by Crippen LogP contribution is -2.49. The minimum absolute atomic E-state index is 0.290. The zero-order valence-corrected chi connectivity index (χ0v) is 15.6. The van der Waals surface area contributed by atoms with Crippen LogP contribution in [0.4, 0.5) is 0 Å². The highest BCUT2D eigenvalue weighted by Crippen LogP contribution is 2.18. The van der Waals surface area contributed by atoms with Gasteiger partial charge >= 0.3 is 0 Å². The topological polar surface area (TPSA) is 32.8 Å². The quantitative estimate of drug-likeness (QED) is 0.763. The number of aryl methyl sites for hydroxylation is 1. The van der Waals surface area contributed by atoms with Crippen LogP contribution in [0.5, 0.6) is 5.75 Å². The number of amides is 1. The average Bonchev–Trinajstić information content (AvgIpc) is 3.18. The van der Waals surface area contributed by atoms with Gasteiger partial charge in [-0.2, -0.15) is 0 Å². The maximum atomic E-state index is 12.4. The molecule has 2 heterocycles. The van der Waals surface area contributed by atoms with E-state index >= 15 is 0 Å². The molecule has 0 aliphatic carbocycles. The minimum Gasteiger partial charge on any atom is -0.496 e. The van der Waals surface area contributed by atoms with Crippen molar-refractivity contribution in [2.45, 2.75) is 19.3 Å². The number of methoxy groups -OCH3 is 1. The van der Waals surface area contributed by atoms with Gasteiger partial charge in [0.25, 0.3) is 0 Å². The number of carbonyl (C=O) groups excluding carboxylic acids is 1. The Kier molecular flexibility index (Phi) is 6.48. The molecule has 134 valence electrons. The van der Waals surface area contributed by atoms with Crippen LogP contribution in [0.15, 0.2) is 41.8 Å². The van der Waals surface area contributed by atoms with Crippen molar-refractivity contribution >= 4 is 17.2 Å².